The van der Waals surface area contributed by atoms with Crippen LogP contribution in [-0.2, 0) is 0 Å². The summed E-state index contributed by atoms with van der Waals surface area (Å²) in [7, 11) is 0. The number of nitrogens with zero attached hydrogens (tertiary/aromatic N) is 4. The number of nitriles is 2. The summed E-state index contributed by atoms with van der Waals surface area (Å²) in [6.07, 6.45) is 0. The van der Waals surface area contributed by atoms with Crippen LogP contribution in [-0.4, -0.2) is 0 Å². The van der Waals surface area contributed by atoms with E-state index in [1.165, 1.54) is 32.7 Å². The lowest BCUT2D eigenvalue weighted by Crippen LogP contribution is -2.11. The normalized spacial score (nSPS) is 11.1. The Labute approximate surface area is 279 Å². The maximum absolute atomic E-state index is 9.49. The minimum atomic E-state index is 0.630. The van der Waals surface area contributed by atoms with Crippen molar-refractivity contribution in [2.75, 3.05) is 9.80 Å². The number of benzene rings is 8. The van der Waals surface area contributed by atoms with Gasteiger partial charge in [-0.2, -0.15) is 10.5 Å². The fourth-order valence-electron chi connectivity index (χ4n) is 6.77. The lowest BCUT2D eigenvalue weighted by Gasteiger charge is -2.29. The topological polar surface area (TPSA) is 54.1 Å². The van der Waals surface area contributed by atoms with Crippen molar-refractivity contribution in [1.82, 2.24) is 0 Å². The molecule has 0 heterocycles. The predicted molar refractivity (Wildman–Crippen MR) is 198 cm³/mol. The first-order valence-electron chi connectivity index (χ1n) is 16.0. The fourth-order valence-corrected chi connectivity index (χ4v) is 6.77. The van der Waals surface area contributed by atoms with E-state index in [1.54, 1.807) is 0 Å². The molecular formula is C44H30N4. The lowest BCUT2D eigenvalue weighted by molar-refractivity contribution is 1.28. The maximum atomic E-state index is 9.49. The third-order valence-electron chi connectivity index (χ3n) is 9.19. The highest BCUT2D eigenvalue weighted by Crippen LogP contribution is 2.47. The minimum Gasteiger partial charge on any atom is -0.310 e. The Bertz CT molecular complexity index is 2340. The third-order valence-corrected chi connectivity index (χ3v) is 9.19. The molecule has 0 saturated carbocycles. The molecule has 0 bridgehead atoms. The Balaban J connectivity index is 1.39. The molecule has 0 spiro atoms. The number of anilines is 6. The van der Waals surface area contributed by atoms with Crippen LogP contribution in [0.25, 0.3) is 32.3 Å². The first-order valence-corrected chi connectivity index (χ1v) is 16.0. The molecule has 0 atom stereocenters. The Morgan fingerprint density at radius 1 is 0.375 bits per heavy atom. The molecule has 8 aromatic rings. The van der Waals surface area contributed by atoms with Gasteiger partial charge in [0, 0.05) is 33.5 Å². The average molecular weight is 615 g/mol. The monoisotopic (exact) mass is 614 g/mol. The summed E-state index contributed by atoms with van der Waals surface area (Å²) < 4.78 is 0. The molecule has 8 rings (SSSR count). The molecule has 48 heavy (non-hydrogen) atoms. The molecule has 0 N–H and O–H groups in total. The van der Waals surface area contributed by atoms with E-state index >= 15 is 0 Å². The predicted octanol–water partition coefficient (Wildman–Crippen LogP) is 11.9. The molecule has 4 heteroatoms. The van der Waals surface area contributed by atoms with Crippen LogP contribution in [0.4, 0.5) is 34.1 Å². The van der Waals surface area contributed by atoms with Crippen molar-refractivity contribution in [3.63, 3.8) is 0 Å². The molecule has 4 nitrogen and oxygen atoms in total. The first kappa shape index (κ1) is 28.8. The summed E-state index contributed by atoms with van der Waals surface area (Å²) >= 11 is 0. The average Bonchev–Trinajstić information content (AvgIpc) is 3.14. The van der Waals surface area contributed by atoms with Crippen molar-refractivity contribution in [1.29, 1.82) is 10.5 Å². The van der Waals surface area contributed by atoms with E-state index in [0.717, 1.165) is 44.9 Å². The number of aryl methyl sites for hydroxylation is 2. The second-order valence-corrected chi connectivity index (χ2v) is 12.3. The van der Waals surface area contributed by atoms with Crippen LogP contribution in [0, 0.1) is 36.5 Å². The van der Waals surface area contributed by atoms with Crippen LogP contribution in [0.2, 0.25) is 0 Å². The second kappa shape index (κ2) is 11.6. The molecule has 0 amide bonds. The highest BCUT2D eigenvalue weighted by atomic mass is 15.1. The summed E-state index contributed by atoms with van der Waals surface area (Å²) in [5.74, 6) is 0. The van der Waals surface area contributed by atoms with Gasteiger partial charge < -0.3 is 9.80 Å². The Morgan fingerprint density at radius 2 is 0.688 bits per heavy atom. The molecule has 226 valence electrons. The van der Waals surface area contributed by atoms with Gasteiger partial charge in [0.2, 0.25) is 0 Å². The molecular weight excluding hydrogens is 585 g/mol. The number of rotatable bonds is 6. The summed E-state index contributed by atoms with van der Waals surface area (Å²) in [5.41, 5.74) is 9.86. The largest absolute Gasteiger partial charge is 0.310 e. The molecule has 0 saturated heterocycles. The summed E-state index contributed by atoms with van der Waals surface area (Å²) in [6.45, 7) is 4.20. The SMILES string of the molecule is Cc1ccc(N(c2ccc(C#N)cc2)c2ccc3ccc4c(N(c5ccc(C)cc5)c5ccc(C#N)cc5)ccc5ccc2c3c54)cc1. The second-order valence-electron chi connectivity index (χ2n) is 12.3. The molecule has 0 aliphatic carbocycles. The standard InChI is InChI=1S/C44H30N4/c1-29-3-15-35(16-4-29)47(37-19-7-31(27-45)8-20-37)41-25-13-33-12-24-40-42(26-14-34-11-23-39(41)43(33)44(34)40)48(36-17-5-30(2)6-18-36)38-21-9-32(28-46)10-22-38/h3-26H,1-2H3. The van der Waals surface area contributed by atoms with Crippen LogP contribution in [0.3, 0.4) is 0 Å². The fraction of sp³-hybridized carbons (Fsp3) is 0.0455. The van der Waals surface area contributed by atoms with Crippen molar-refractivity contribution in [3.8, 4) is 12.1 Å². The van der Waals surface area contributed by atoms with Crippen molar-refractivity contribution in [2.24, 2.45) is 0 Å². The van der Waals surface area contributed by atoms with E-state index in [1.807, 2.05) is 48.5 Å². The van der Waals surface area contributed by atoms with Crippen molar-refractivity contribution in [2.45, 2.75) is 13.8 Å². The molecule has 8 aromatic carbocycles. The zero-order valence-electron chi connectivity index (χ0n) is 26.6. The molecule has 0 radical (unpaired) electrons. The van der Waals surface area contributed by atoms with Gasteiger partial charge in [0.25, 0.3) is 0 Å². The molecule has 0 aliphatic rings. The van der Waals surface area contributed by atoms with Gasteiger partial charge in [0.15, 0.2) is 0 Å². The van der Waals surface area contributed by atoms with Crippen LogP contribution >= 0.6 is 0 Å². The van der Waals surface area contributed by atoms with Crippen LogP contribution in [0.5, 0.6) is 0 Å². The zero-order chi connectivity index (χ0) is 32.8. The van der Waals surface area contributed by atoms with E-state index in [4.69, 9.17) is 0 Å². The van der Waals surface area contributed by atoms with Crippen molar-refractivity contribution in [3.05, 3.63) is 168 Å². The lowest BCUT2D eigenvalue weighted by atomic mass is 9.91. The van der Waals surface area contributed by atoms with E-state index in [2.05, 4.69) is 133 Å². The van der Waals surface area contributed by atoms with Crippen molar-refractivity contribution < 1.29 is 0 Å². The molecule has 0 aliphatic heterocycles. The molecule has 0 unspecified atom stereocenters. The van der Waals surface area contributed by atoms with Gasteiger partial charge in [-0.1, -0.05) is 71.8 Å². The van der Waals surface area contributed by atoms with Crippen LogP contribution < -0.4 is 9.80 Å². The van der Waals surface area contributed by atoms with Gasteiger partial charge in [-0.15, -0.1) is 0 Å². The quantitative estimate of drug-likeness (QED) is 0.175. The van der Waals surface area contributed by atoms with Crippen LogP contribution in [0.1, 0.15) is 22.3 Å². The Kier molecular flexibility index (Phi) is 6.98. The summed E-state index contributed by atoms with van der Waals surface area (Å²) in [5, 5.41) is 26.0. The van der Waals surface area contributed by atoms with Gasteiger partial charge in [-0.25, -0.2) is 0 Å². The van der Waals surface area contributed by atoms with E-state index in [0.29, 0.717) is 11.1 Å². The van der Waals surface area contributed by atoms with E-state index in [9.17, 15) is 10.5 Å². The van der Waals surface area contributed by atoms with Gasteiger partial charge in [0.05, 0.1) is 34.6 Å². The number of hydrogen-bond acceptors (Lipinski definition) is 4. The van der Waals surface area contributed by atoms with Gasteiger partial charge in [-0.05, 0) is 120 Å². The Morgan fingerprint density at radius 3 is 1.02 bits per heavy atom. The highest BCUT2D eigenvalue weighted by Gasteiger charge is 2.21. The first-order chi connectivity index (χ1) is 23.5. The molecule has 0 fully saturated rings. The van der Waals surface area contributed by atoms with E-state index < -0.39 is 0 Å². The maximum Gasteiger partial charge on any atom is 0.0991 e. The summed E-state index contributed by atoms with van der Waals surface area (Å²) in [4.78, 5) is 4.56. The van der Waals surface area contributed by atoms with E-state index in [-0.39, 0.29) is 0 Å². The van der Waals surface area contributed by atoms with Gasteiger partial charge in [0.1, 0.15) is 0 Å². The summed E-state index contributed by atoms with van der Waals surface area (Å²) in [6, 6.07) is 55.0. The number of hydrogen-bond donors (Lipinski definition) is 0. The van der Waals surface area contributed by atoms with Crippen LogP contribution in [0.15, 0.2) is 146 Å². The van der Waals surface area contributed by atoms with Crippen molar-refractivity contribution >= 4 is 66.4 Å². The van der Waals surface area contributed by atoms with Gasteiger partial charge in [-0.3, -0.25) is 0 Å². The molecule has 0 aromatic heterocycles. The Hall–Kier alpha value is -6.62. The minimum absolute atomic E-state index is 0.630. The smallest absolute Gasteiger partial charge is 0.0991 e. The highest BCUT2D eigenvalue weighted by molar-refractivity contribution is 6.28. The van der Waals surface area contributed by atoms with Gasteiger partial charge >= 0.3 is 0 Å². The third kappa shape index (κ3) is 4.85. The zero-order valence-corrected chi connectivity index (χ0v) is 26.6.